The number of rotatable bonds is 4. The number of aromatic amines is 1. The maximum absolute atomic E-state index is 6.08. The van der Waals surface area contributed by atoms with Gasteiger partial charge in [0.05, 0.1) is 29.0 Å². The highest BCUT2D eigenvalue weighted by molar-refractivity contribution is 7.09. The van der Waals surface area contributed by atoms with E-state index in [0.29, 0.717) is 12.4 Å². The van der Waals surface area contributed by atoms with Crippen molar-refractivity contribution in [3.05, 3.63) is 46.4 Å². The molecule has 116 valence electrons. The lowest BCUT2D eigenvalue weighted by molar-refractivity contribution is 0.787. The number of hydrogen-bond donors (Lipinski definition) is 1. The Morgan fingerprint density at radius 3 is 2.91 bits per heavy atom. The second-order valence-corrected chi connectivity index (χ2v) is 6.42. The van der Waals surface area contributed by atoms with Crippen molar-refractivity contribution < 1.29 is 0 Å². The van der Waals surface area contributed by atoms with Gasteiger partial charge in [0.15, 0.2) is 5.82 Å². The monoisotopic (exact) mass is 344 g/mol. The Morgan fingerprint density at radius 1 is 1.30 bits per heavy atom. The van der Waals surface area contributed by atoms with Crippen molar-refractivity contribution in [2.24, 2.45) is 0 Å². The standard InChI is InChI=1S/C15H13ClN6S/c1-9-18-15(21-20-9)10-2-3-12-13(4-10)22(14(5-16)19-12)7-11-6-17-8-23-11/h2-4,6,8H,5,7H2,1H3,(H,18,20,21). The summed E-state index contributed by atoms with van der Waals surface area (Å²) in [6.45, 7) is 2.59. The van der Waals surface area contributed by atoms with Crippen LogP contribution in [0, 0.1) is 6.92 Å². The van der Waals surface area contributed by atoms with Crippen LogP contribution in [0.3, 0.4) is 0 Å². The van der Waals surface area contributed by atoms with Gasteiger partial charge < -0.3 is 9.55 Å². The molecule has 0 saturated heterocycles. The number of imidazole rings is 1. The molecule has 0 amide bonds. The van der Waals surface area contributed by atoms with Crippen molar-refractivity contribution in [1.82, 2.24) is 29.7 Å². The average molecular weight is 345 g/mol. The Kier molecular flexibility index (Phi) is 3.59. The molecular formula is C15H13ClN6S. The van der Waals surface area contributed by atoms with E-state index in [0.717, 1.165) is 38.9 Å². The Hall–Kier alpha value is -2.25. The predicted molar refractivity (Wildman–Crippen MR) is 90.6 cm³/mol. The van der Waals surface area contributed by atoms with Crippen LogP contribution in [0.2, 0.25) is 0 Å². The zero-order valence-electron chi connectivity index (χ0n) is 12.3. The van der Waals surface area contributed by atoms with Crippen LogP contribution in [0.25, 0.3) is 22.4 Å². The molecule has 1 N–H and O–H groups in total. The maximum Gasteiger partial charge on any atom is 0.161 e. The summed E-state index contributed by atoms with van der Waals surface area (Å²) in [7, 11) is 0. The van der Waals surface area contributed by atoms with Gasteiger partial charge in [-0.2, -0.15) is 0 Å². The molecule has 23 heavy (non-hydrogen) atoms. The van der Waals surface area contributed by atoms with Gasteiger partial charge >= 0.3 is 0 Å². The molecule has 1 aromatic carbocycles. The van der Waals surface area contributed by atoms with Gasteiger partial charge in [-0.3, -0.25) is 4.98 Å². The molecule has 0 unspecified atom stereocenters. The van der Waals surface area contributed by atoms with Crippen LogP contribution in [0.5, 0.6) is 0 Å². The summed E-state index contributed by atoms with van der Waals surface area (Å²) >= 11 is 7.70. The van der Waals surface area contributed by atoms with E-state index >= 15 is 0 Å². The third-order valence-electron chi connectivity index (χ3n) is 3.62. The molecule has 0 aliphatic rings. The molecule has 0 saturated carbocycles. The molecule has 4 aromatic rings. The number of aryl methyl sites for hydroxylation is 1. The SMILES string of the molecule is Cc1nnc(-c2ccc3nc(CCl)n(Cc4cncs4)c3c2)[nH]1. The fraction of sp³-hybridized carbons (Fsp3) is 0.200. The number of alkyl halides is 1. The summed E-state index contributed by atoms with van der Waals surface area (Å²) in [6, 6.07) is 6.05. The first-order valence-electron chi connectivity index (χ1n) is 7.07. The number of H-pyrrole nitrogens is 1. The lowest BCUT2D eigenvalue weighted by Crippen LogP contribution is -2.02. The number of aromatic nitrogens is 6. The van der Waals surface area contributed by atoms with Crippen molar-refractivity contribution in [3.63, 3.8) is 0 Å². The third-order valence-corrected chi connectivity index (χ3v) is 4.62. The molecule has 4 rings (SSSR count). The summed E-state index contributed by atoms with van der Waals surface area (Å²) in [4.78, 5) is 13.1. The van der Waals surface area contributed by atoms with Gasteiger partial charge in [0, 0.05) is 16.6 Å². The first-order chi connectivity index (χ1) is 11.2. The molecular weight excluding hydrogens is 332 g/mol. The van der Waals surface area contributed by atoms with Gasteiger partial charge in [0.25, 0.3) is 0 Å². The van der Waals surface area contributed by atoms with Gasteiger partial charge in [-0.25, -0.2) is 4.98 Å². The highest BCUT2D eigenvalue weighted by Gasteiger charge is 2.13. The number of nitrogens with one attached hydrogen (secondary N) is 1. The van der Waals surface area contributed by atoms with Crippen LogP contribution in [-0.2, 0) is 12.4 Å². The molecule has 0 aliphatic carbocycles. The first-order valence-corrected chi connectivity index (χ1v) is 8.48. The molecule has 8 heteroatoms. The van der Waals surface area contributed by atoms with Gasteiger partial charge in [0.1, 0.15) is 11.6 Å². The Labute approximate surface area is 141 Å². The van der Waals surface area contributed by atoms with E-state index in [4.69, 9.17) is 11.6 Å². The largest absolute Gasteiger partial charge is 0.325 e. The molecule has 0 fully saturated rings. The highest BCUT2D eigenvalue weighted by atomic mass is 35.5. The van der Waals surface area contributed by atoms with Crippen molar-refractivity contribution in [2.45, 2.75) is 19.3 Å². The van der Waals surface area contributed by atoms with E-state index in [1.807, 2.05) is 30.8 Å². The molecule has 0 radical (unpaired) electrons. The lowest BCUT2D eigenvalue weighted by atomic mass is 10.2. The zero-order valence-corrected chi connectivity index (χ0v) is 13.9. The Morgan fingerprint density at radius 2 is 2.22 bits per heavy atom. The molecule has 3 heterocycles. The Balaban J connectivity index is 1.85. The number of thiazole rings is 1. The van der Waals surface area contributed by atoms with Gasteiger partial charge in [-0.15, -0.1) is 33.1 Å². The fourth-order valence-electron chi connectivity index (χ4n) is 2.55. The minimum absolute atomic E-state index is 0.365. The normalized spacial score (nSPS) is 11.4. The van der Waals surface area contributed by atoms with Crippen LogP contribution >= 0.6 is 22.9 Å². The van der Waals surface area contributed by atoms with E-state index in [1.54, 1.807) is 11.3 Å². The fourth-order valence-corrected chi connectivity index (χ4v) is 3.34. The van der Waals surface area contributed by atoms with E-state index in [-0.39, 0.29) is 0 Å². The zero-order chi connectivity index (χ0) is 15.8. The second kappa shape index (κ2) is 5.75. The van der Waals surface area contributed by atoms with Gasteiger partial charge in [0.2, 0.25) is 0 Å². The summed E-state index contributed by atoms with van der Waals surface area (Å²) in [5.74, 6) is 2.76. The molecule has 0 spiro atoms. The number of benzene rings is 1. The minimum atomic E-state index is 0.365. The summed E-state index contributed by atoms with van der Waals surface area (Å²) < 4.78 is 2.13. The molecule has 6 nitrogen and oxygen atoms in total. The number of halogens is 1. The van der Waals surface area contributed by atoms with Crippen molar-refractivity contribution in [2.75, 3.05) is 0 Å². The van der Waals surface area contributed by atoms with Gasteiger partial charge in [-0.05, 0) is 25.1 Å². The number of fused-ring (bicyclic) bond motifs is 1. The maximum atomic E-state index is 6.08. The minimum Gasteiger partial charge on any atom is -0.325 e. The number of nitrogens with zero attached hydrogens (tertiary/aromatic N) is 5. The van der Waals surface area contributed by atoms with Crippen LogP contribution in [0.4, 0.5) is 0 Å². The molecule has 0 bridgehead atoms. The van der Waals surface area contributed by atoms with E-state index < -0.39 is 0 Å². The summed E-state index contributed by atoms with van der Waals surface area (Å²) in [5.41, 5.74) is 4.76. The van der Waals surface area contributed by atoms with E-state index in [1.165, 1.54) is 0 Å². The third kappa shape index (κ3) is 2.62. The Bertz CT molecular complexity index is 956. The molecule has 0 atom stereocenters. The van der Waals surface area contributed by atoms with Crippen molar-refractivity contribution in [1.29, 1.82) is 0 Å². The first kappa shape index (κ1) is 14.3. The highest BCUT2D eigenvalue weighted by Crippen LogP contribution is 2.25. The van der Waals surface area contributed by atoms with E-state index in [2.05, 4.69) is 35.8 Å². The topological polar surface area (TPSA) is 72.3 Å². The van der Waals surface area contributed by atoms with Crippen LogP contribution in [0.15, 0.2) is 29.9 Å². The van der Waals surface area contributed by atoms with E-state index in [9.17, 15) is 0 Å². The predicted octanol–water partition coefficient (Wildman–Crippen LogP) is 3.37. The van der Waals surface area contributed by atoms with Crippen LogP contribution in [-0.4, -0.2) is 29.7 Å². The van der Waals surface area contributed by atoms with Crippen LogP contribution in [0.1, 0.15) is 16.5 Å². The van der Waals surface area contributed by atoms with Crippen LogP contribution < -0.4 is 0 Å². The van der Waals surface area contributed by atoms with Crippen molar-refractivity contribution in [3.8, 4) is 11.4 Å². The van der Waals surface area contributed by atoms with Crippen molar-refractivity contribution >= 4 is 34.0 Å². The average Bonchev–Trinajstić information content (AvgIpc) is 3.28. The molecule has 3 aromatic heterocycles. The molecule has 0 aliphatic heterocycles. The smallest absolute Gasteiger partial charge is 0.161 e. The second-order valence-electron chi connectivity index (χ2n) is 5.18. The summed E-state index contributed by atoms with van der Waals surface area (Å²) in [5, 5.41) is 8.18. The quantitative estimate of drug-likeness (QED) is 0.576. The number of hydrogen-bond acceptors (Lipinski definition) is 5. The van der Waals surface area contributed by atoms with Gasteiger partial charge in [-0.1, -0.05) is 0 Å². The lowest BCUT2D eigenvalue weighted by Gasteiger charge is -2.06. The summed E-state index contributed by atoms with van der Waals surface area (Å²) in [6.07, 6.45) is 1.87.